The van der Waals surface area contributed by atoms with E-state index in [9.17, 15) is 5.11 Å². The summed E-state index contributed by atoms with van der Waals surface area (Å²) in [5, 5.41) is 9.87. The number of aromatic nitrogens is 4. The van der Waals surface area contributed by atoms with E-state index in [0.717, 1.165) is 12.8 Å². The molecule has 0 saturated carbocycles. The van der Waals surface area contributed by atoms with E-state index >= 15 is 0 Å². The Hall–Kier alpha value is -2.03. The summed E-state index contributed by atoms with van der Waals surface area (Å²) in [5.74, 6) is 0.324. The van der Waals surface area contributed by atoms with Gasteiger partial charge in [-0.2, -0.15) is 0 Å². The van der Waals surface area contributed by atoms with Gasteiger partial charge in [-0.15, -0.1) is 6.58 Å². The molecule has 1 saturated heterocycles. The Balaban J connectivity index is 1.89. The van der Waals surface area contributed by atoms with Crippen molar-refractivity contribution in [3.05, 3.63) is 25.3 Å². The molecule has 1 aliphatic heterocycles. The minimum absolute atomic E-state index is 0.201. The molecule has 1 aliphatic rings. The van der Waals surface area contributed by atoms with Crippen LogP contribution in [-0.4, -0.2) is 49.5 Å². The number of fused-ring (bicyclic) bond motifs is 1. The van der Waals surface area contributed by atoms with Gasteiger partial charge >= 0.3 is 0 Å². The third kappa shape index (κ3) is 2.77. The largest absolute Gasteiger partial charge is 0.393 e. The van der Waals surface area contributed by atoms with E-state index in [1.54, 1.807) is 17.0 Å². The highest BCUT2D eigenvalue weighted by Gasteiger charge is 2.48. The Morgan fingerprint density at radius 3 is 3.08 bits per heavy atom. The van der Waals surface area contributed by atoms with Gasteiger partial charge < -0.3 is 20.3 Å². The maximum absolute atomic E-state index is 9.87. The standard InChI is InChI=1S/C16H23N5O3/c1-3-5-6-23-11-7-12(24-16(11,4-2)8-22)21-10-20-13-14(17)18-9-19-15(13)21/h4,9-12,22H,2-3,5-8H2,1H3,(H2,17,18,19). The first kappa shape index (κ1) is 16.8. The Bertz CT molecular complexity index is 719. The van der Waals surface area contributed by atoms with Crippen molar-refractivity contribution in [1.82, 2.24) is 19.5 Å². The number of nitrogens with zero attached hydrogens (tertiary/aromatic N) is 4. The maximum Gasteiger partial charge on any atom is 0.167 e. The van der Waals surface area contributed by atoms with Crippen molar-refractivity contribution < 1.29 is 14.6 Å². The lowest BCUT2D eigenvalue weighted by Gasteiger charge is -2.29. The van der Waals surface area contributed by atoms with Gasteiger partial charge in [0.25, 0.3) is 0 Å². The highest BCUT2D eigenvalue weighted by atomic mass is 16.6. The van der Waals surface area contributed by atoms with E-state index in [2.05, 4.69) is 28.5 Å². The number of nitrogens with two attached hydrogens (primary N) is 1. The lowest BCUT2D eigenvalue weighted by molar-refractivity contribution is -0.110. The van der Waals surface area contributed by atoms with Crippen molar-refractivity contribution in [2.75, 3.05) is 18.9 Å². The second-order valence-corrected chi connectivity index (χ2v) is 5.92. The Labute approximate surface area is 140 Å². The van der Waals surface area contributed by atoms with Gasteiger partial charge in [-0.05, 0) is 6.42 Å². The van der Waals surface area contributed by atoms with Crippen LogP contribution in [0.2, 0.25) is 0 Å². The van der Waals surface area contributed by atoms with Crippen LogP contribution in [0.15, 0.2) is 25.3 Å². The normalized spacial score (nSPS) is 26.9. The highest BCUT2D eigenvalue weighted by Crippen LogP contribution is 2.40. The summed E-state index contributed by atoms with van der Waals surface area (Å²) < 4.78 is 13.9. The van der Waals surface area contributed by atoms with Crippen LogP contribution in [0, 0.1) is 0 Å². The molecule has 3 atom stereocenters. The van der Waals surface area contributed by atoms with Gasteiger partial charge in [-0.1, -0.05) is 19.4 Å². The van der Waals surface area contributed by atoms with Gasteiger partial charge in [0, 0.05) is 13.0 Å². The molecule has 3 unspecified atom stereocenters. The second kappa shape index (κ2) is 6.84. The zero-order valence-electron chi connectivity index (χ0n) is 13.8. The molecule has 3 heterocycles. The molecule has 3 N–H and O–H groups in total. The fourth-order valence-electron chi connectivity index (χ4n) is 2.97. The summed E-state index contributed by atoms with van der Waals surface area (Å²) in [5.41, 5.74) is 6.02. The Kier molecular flexibility index (Phi) is 4.79. The van der Waals surface area contributed by atoms with E-state index < -0.39 is 5.60 Å². The first-order valence-electron chi connectivity index (χ1n) is 8.12. The molecule has 130 valence electrons. The zero-order valence-corrected chi connectivity index (χ0v) is 13.8. The van der Waals surface area contributed by atoms with Crippen LogP contribution < -0.4 is 5.73 Å². The summed E-state index contributed by atoms with van der Waals surface area (Å²) in [6, 6.07) is 0. The van der Waals surface area contributed by atoms with Crippen LogP contribution in [0.3, 0.4) is 0 Å². The fraction of sp³-hybridized carbons (Fsp3) is 0.562. The molecule has 3 rings (SSSR count). The van der Waals surface area contributed by atoms with Crippen molar-refractivity contribution in [1.29, 1.82) is 0 Å². The third-order valence-corrected chi connectivity index (χ3v) is 4.42. The van der Waals surface area contributed by atoms with Crippen molar-refractivity contribution >= 4 is 17.0 Å². The quantitative estimate of drug-likeness (QED) is 0.583. The average Bonchev–Trinajstić information content (AvgIpc) is 3.18. The summed E-state index contributed by atoms with van der Waals surface area (Å²) in [6.07, 6.45) is 6.54. The maximum atomic E-state index is 9.87. The molecule has 1 fully saturated rings. The molecule has 0 spiro atoms. The molecule has 0 amide bonds. The summed E-state index contributed by atoms with van der Waals surface area (Å²) in [6.45, 7) is 6.34. The van der Waals surface area contributed by atoms with Crippen LogP contribution in [0.4, 0.5) is 5.82 Å². The predicted octanol–water partition coefficient (Wildman–Crippen LogP) is 1.43. The van der Waals surface area contributed by atoms with E-state index in [-0.39, 0.29) is 18.9 Å². The molecular weight excluding hydrogens is 310 g/mol. The van der Waals surface area contributed by atoms with Gasteiger partial charge in [0.2, 0.25) is 0 Å². The molecule has 0 aliphatic carbocycles. The summed E-state index contributed by atoms with van der Waals surface area (Å²) in [7, 11) is 0. The number of anilines is 1. The van der Waals surface area contributed by atoms with Gasteiger partial charge in [0.15, 0.2) is 11.5 Å². The van der Waals surface area contributed by atoms with Gasteiger partial charge in [0.05, 0.1) is 19.0 Å². The molecule has 0 radical (unpaired) electrons. The van der Waals surface area contributed by atoms with Gasteiger partial charge in [0.1, 0.15) is 23.7 Å². The van der Waals surface area contributed by atoms with Crippen molar-refractivity contribution in [2.45, 2.75) is 44.1 Å². The minimum Gasteiger partial charge on any atom is -0.393 e. The van der Waals surface area contributed by atoms with E-state index in [4.69, 9.17) is 15.2 Å². The van der Waals surface area contributed by atoms with Crippen LogP contribution >= 0.6 is 0 Å². The van der Waals surface area contributed by atoms with Gasteiger partial charge in [-0.25, -0.2) is 15.0 Å². The van der Waals surface area contributed by atoms with Crippen LogP contribution in [0.1, 0.15) is 32.4 Å². The molecule has 8 nitrogen and oxygen atoms in total. The lowest BCUT2D eigenvalue weighted by Crippen LogP contribution is -2.42. The average molecular weight is 333 g/mol. The van der Waals surface area contributed by atoms with Crippen molar-refractivity contribution in [3.8, 4) is 0 Å². The van der Waals surface area contributed by atoms with Crippen LogP contribution in [0.5, 0.6) is 0 Å². The van der Waals surface area contributed by atoms with E-state index in [1.165, 1.54) is 6.33 Å². The lowest BCUT2D eigenvalue weighted by atomic mass is 9.97. The first-order chi connectivity index (χ1) is 11.6. The Morgan fingerprint density at radius 2 is 2.38 bits per heavy atom. The number of ether oxygens (including phenoxy) is 2. The van der Waals surface area contributed by atoms with Gasteiger partial charge in [-0.3, -0.25) is 4.57 Å². The Morgan fingerprint density at radius 1 is 1.54 bits per heavy atom. The SMILES string of the molecule is C=CC1(CO)OC(n2cnc3c(N)ncnc32)CC1OCCCC. The monoisotopic (exact) mass is 333 g/mol. The number of unbranched alkanes of at least 4 members (excludes halogenated alkanes) is 1. The zero-order chi connectivity index (χ0) is 17.2. The molecule has 0 bridgehead atoms. The second-order valence-electron chi connectivity index (χ2n) is 5.92. The summed E-state index contributed by atoms with van der Waals surface area (Å²) in [4.78, 5) is 12.5. The number of aliphatic hydroxyl groups is 1. The molecule has 24 heavy (non-hydrogen) atoms. The van der Waals surface area contributed by atoms with Crippen molar-refractivity contribution in [3.63, 3.8) is 0 Å². The molecule has 2 aromatic rings. The van der Waals surface area contributed by atoms with E-state index in [1.807, 2.05) is 0 Å². The fourth-order valence-corrected chi connectivity index (χ4v) is 2.97. The number of nitrogen functional groups attached to an aromatic ring is 1. The van der Waals surface area contributed by atoms with Crippen LogP contribution in [-0.2, 0) is 9.47 Å². The molecular formula is C16H23N5O3. The number of rotatable bonds is 7. The van der Waals surface area contributed by atoms with Crippen LogP contribution in [0.25, 0.3) is 11.2 Å². The molecule has 0 aromatic carbocycles. The topological polar surface area (TPSA) is 108 Å². The number of aliphatic hydroxyl groups excluding tert-OH is 1. The first-order valence-corrected chi connectivity index (χ1v) is 8.12. The minimum atomic E-state index is -0.937. The summed E-state index contributed by atoms with van der Waals surface area (Å²) >= 11 is 0. The molecule has 8 heteroatoms. The number of imidazole rings is 1. The van der Waals surface area contributed by atoms with Crippen molar-refractivity contribution in [2.24, 2.45) is 0 Å². The highest BCUT2D eigenvalue weighted by molar-refractivity contribution is 5.81. The third-order valence-electron chi connectivity index (χ3n) is 4.42. The number of hydrogen-bond acceptors (Lipinski definition) is 7. The van der Waals surface area contributed by atoms with E-state index in [0.29, 0.717) is 30.0 Å². The smallest absolute Gasteiger partial charge is 0.167 e. The molecule has 2 aromatic heterocycles. The predicted molar refractivity (Wildman–Crippen MR) is 89.1 cm³/mol. The number of hydrogen-bond donors (Lipinski definition) is 2.